The first-order chi connectivity index (χ1) is 4.81. The van der Waals surface area contributed by atoms with Gasteiger partial charge in [-0.05, 0) is 18.4 Å². The number of aliphatic hydroxyl groups excluding tert-OH is 1. The zero-order chi connectivity index (χ0) is 7.82. The summed E-state index contributed by atoms with van der Waals surface area (Å²) in [5, 5.41) is 12.9. The number of hydrogen-bond acceptors (Lipinski definition) is 2. The minimum atomic E-state index is -0.311. The fraction of sp³-hybridized carbons (Fsp3) is 1.00. The smallest absolute Gasteiger partial charge is 0.0637 e. The number of alkyl halides is 1. The number of halogens is 1. The fourth-order valence-electron chi connectivity index (χ4n) is 0.519. The van der Waals surface area contributed by atoms with E-state index in [0.717, 1.165) is 6.42 Å². The van der Waals surface area contributed by atoms with E-state index in [0.29, 0.717) is 18.3 Å². The van der Waals surface area contributed by atoms with Gasteiger partial charge in [-0.1, -0.05) is 21.0 Å². The van der Waals surface area contributed by atoms with E-state index in [1.54, 1.807) is 0 Å². The summed E-state index contributed by atoms with van der Waals surface area (Å²) in [5.41, 5.74) is 7.88. The highest BCUT2D eigenvalue weighted by Gasteiger charge is 1.98. The van der Waals surface area contributed by atoms with Crippen molar-refractivity contribution >= 4 is 15.9 Å². The molecule has 0 aromatic carbocycles. The van der Waals surface area contributed by atoms with Crippen molar-refractivity contribution in [2.24, 2.45) is 5.11 Å². The Morgan fingerprint density at radius 1 is 1.70 bits per heavy atom. The monoisotopic (exact) mass is 207 g/mol. The van der Waals surface area contributed by atoms with Gasteiger partial charge in [0.15, 0.2) is 0 Å². The van der Waals surface area contributed by atoms with Crippen molar-refractivity contribution in [3.63, 3.8) is 0 Å². The van der Waals surface area contributed by atoms with Crippen LogP contribution in [0.2, 0.25) is 0 Å². The van der Waals surface area contributed by atoms with E-state index in [4.69, 9.17) is 10.6 Å². The van der Waals surface area contributed by atoms with E-state index in [1.165, 1.54) is 0 Å². The van der Waals surface area contributed by atoms with E-state index in [1.807, 2.05) is 0 Å². The van der Waals surface area contributed by atoms with Crippen LogP contribution in [0.25, 0.3) is 10.4 Å². The Kier molecular flexibility index (Phi) is 6.69. The molecule has 0 bridgehead atoms. The molecular weight excluding hydrogens is 198 g/mol. The number of azide groups is 1. The Morgan fingerprint density at radius 3 is 2.90 bits per heavy atom. The summed E-state index contributed by atoms with van der Waals surface area (Å²) in [4.78, 5) is 2.59. The average molecular weight is 208 g/mol. The third-order valence-corrected chi connectivity index (χ3v) is 1.78. The molecule has 0 unspecified atom stereocenters. The highest BCUT2D eigenvalue weighted by molar-refractivity contribution is 9.09. The van der Waals surface area contributed by atoms with Gasteiger partial charge in [-0.15, -0.1) is 0 Å². The van der Waals surface area contributed by atoms with Gasteiger partial charge in [-0.25, -0.2) is 0 Å². The first kappa shape index (κ1) is 9.75. The normalized spacial score (nSPS) is 12.2. The molecule has 0 aliphatic carbocycles. The number of hydrogen-bond donors (Lipinski definition) is 1. The third kappa shape index (κ3) is 5.88. The lowest BCUT2D eigenvalue weighted by molar-refractivity contribution is 0.188. The van der Waals surface area contributed by atoms with Crippen LogP contribution in [-0.2, 0) is 0 Å². The summed E-state index contributed by atoms with van der Waals surface area (Å²) < 4.78 is 0. The van der Waals surface area contributed by atoms with Crippen LogP contribution >= 0.6 is 15.9 Å². The van der Waals surface area contributed by atoms with Crippen molar-refractivity contribution in [1.82, 2.24) is 0 Å². The maximum absolute atomic E-state index is 8.98. The molecule has 0 amide bonds. The number of nitrogens with zero attached hydrogens (tertiary/aromatic N) is 3. The molecule has 10 heavy (non-hydrogen) atoms. The van der Waals surface area contributed by atoms with Crippen LogP contribution in [0.15, 0.2) is 5.11 Å². The van der Waals surface area contributed by atoms with Crippen molar-refractivity contribution in [1.29, 1.82) is 0 Å². The predicted molar refractivity (Wildman–Crippen MR) is 43.0 cm³/mol. The lowest BCUT2D eigenvalue weighted by Gasteiger charge is -2.02. The Balaban J connectivity index is 3.10. The van der Waals surface area contributed by atoms with Crippen LogP contribution in [0.3, 0.4) is 0 Å². The largest absolute Gasteiger partial charge is 0.392 e. The van der Waals surface area contributed by atoms with Crippen LogP contribution in [0.4, 0.5) is 0 Å². The minimum Gasteiger partial charge on any atom is -0.392 e. The summed E-state index contributed by atoms with van der Waals surface area (Å²) in [6, 6.07) is 0. The first-order valence-electron chi connectivity index (χ1n) is 3.06. The van der Waals surface area contributed by atoms with Crippen molar-refractivity contribution < 1.29 is 5.11 Å². The van der Waals surface area contributed by atoms with Gasteiger partial charge in [0.05, 0.1) is 6.10 Å². The third-order valence-electron chi connectivity index (χ3n) is 1.04. The van der Waals surface area contributed by atoms with Crippen LogP contribution in [0.1, 0.15) is 12.8 Å². The molecular formula is C5H10BrN3O. The van der Waals surface area contributed by atoms with Crippen molar-refractivity contribution in [3.8, 4) is 0 Å². The molecule has 0 radical (unpaired) electrons. The molecule has 1 N–H and O–H groups in total. The standard InChI is InChI=1S/C5H10BrN3O/c6-4-5(10)2-1-3-8-9-7/h5,10H,1-4H2/t5-/m0/s1. The topological polar surface area (TPSA) is 69.0 Å². The lowest BCUT2D eigenvalue weighted by atomic mass is 10.2. The number of rotatable bonds is 5. The number of aliphatic hydroxyl groups is 1. The summed E-state index contributed by atoms with van der Waals surface area (Å²) in [6.07, 6.45) is 1.12. The second-order valence-electron chi connectivity index (χ2n) is 1.90. The maximum Gasteiger partial charge on any atom is 0.0637 e. The SMILES string of the molecule is [N-]=[N+]=NCCC[C@H](O)CBr. The Morgan fingerprint density at radius 2 is 2.40 bits per heavy atom. The second-order valence-corrected chi connectivity index (χ2v) is 2.55. The molecule has 0 saturated carbocycles. The van der Waals surface area contributed by atoms with E-state index in [2.05, 4.69) is 26.0 Å². The predicted octanol–water partition coefficient (Wildman–Crippen LogP) is 1.83. The molecule has 0 saturated heterocycles. The van der Waals surface area contributed by atoms with E-state index in [-0.39, 0.29) is 6.10 Å². The van der Waals surface area contributed by atoms with Crippen LogP contribution in [-0.4, -0.2) is 23.1 Å². The quantitative estimate of drug-likeness (QED) is 0.242. The molecule has 1 atom stereocenters. The van der Waals surface area contributed by atoms with Gasteiger partial charge in [0.25, 0.3) is 0 Å². The van der Waals surface area contributed by atoms with Gasteiger partial charge >= 0.3 is 0 Å². The average Bonchev–Trinajstić information content (AvgIpc) is 1.98. The molecule has 0 heterocycles. The Hall–Kier alpha value is -0.250. The second kappa shape index (κ2) is 6.86. The molecule has 5 heteroatoms. The zero-order valence-electron chi connectivity index (χ0n) is 5.57. The van der Waals surface area contributed by atoms with Gasteiger partial charge in [-0.2, -0.15) is 0 Å². The highest BCUT2D eigenvalue weighted by atomic mass is 79.9. The molecule has 0 aliphatic rings. The van der Waals surface area contributed by atoms with Crippen molar-refractivity contribution in [3.05, 3.63) is 10.4 Å². The minimum absolute atomic E-state index is 0.311. The Bertz CT molecular complexity index is 124. The first-order valence-corrected chi connectivity index (χ1v) is 4.18. The van der Waals surface area contributed by atoms with E-state index < -0.39 is 0 Å². The van der Waals surface area contributed by atoms with Gasteiger partial charge in [0, 0.05) is 16.8 Å². The fourth-order valence-corrected chi connectivity index (χ4v) is 0.843. The summed E-state index contributed by atoms with van der Waals surface area (Å²) in [7, 11) is 0. The van der Waals surface area contributed by atoms with Gasteiger partial charge in [0.2, 0.25) is 0 Å². The van der Waals surface area contributed by atoms with Crippen molar-refractivity contribution in [2.45, 2.75) is 18.9 Å². The van der Waals surface area contributed by atoms with E-state index >= 15 is 0 Å². The van der Waals surface area contributed by atoms with Crippen LogP contribution in [0, 0.1) is 0 Å². The van der Waals surface area contributed by atoms with Crippen molar-refractivity contribution in [2.75, 3.05) is 11.9 Å². The van der Waals surface area contributed by atoms with E-state index in [9.17, 15) is 0 Å². The highest BCUT2D eigenvalue weighted by Crippen LogP contribution is 2.00. The Labute approximate surface area is 68.0 Å². The molecule has 58 valence electrons. The van der Waals surface area contributed by atoms with Gasteiger partial charge in [-0.3, -0.25) is 0 Å². The molecule has 0 rings (SSSR count). The van der Waals surface area contributed by atoms with Crippen LogP contribution < -0.4 is 0 Å². The summed E-state index contributed by atoms with van der Waals surface area (Å²) in [5.74, 6) is 0. The molecule has 0 spiro atoms. The van der Waals surface area contributed by atoms with Crippen LogP contribution in [0.5, 0.6) is 0 Å². The zero-order valence-corrected chi connectivity index (χ0v) is 7.16. The lowest BCUT2D eigenvalue weighted by Crippen LogP contribution is -2.07. The van der Waals surface area contributed by atoms with Gasteiger partial charge < -0.3 is 5.11 Å². The molecule has 0 aliphatic heterocycles. The molecule has 4 nitrogen and oxygen atoms in total. The summed E-state index contributed by atoms with van der Waals surface area (Å²) >= 11 is 3.13. The molecule has 0 aromatic heterocycles. The molecule has 0 aromatic rings. The molecule has 0 fully saturated rings. The summed E-state index contributed by atoms with van der Waals surface area (Å²) in [6.45, 7) is 0.473. The van der Waals surface area contributed by atoms with Gasteiger partial charge in [0.1, 0.15) is 0 Å². The maximum atomic E-state index is 8.98.